The minimum absolute atomic E-state index is 0.217. The van der Waals surface area contributed by atoms with Gasteiger partial charge in [0.2, 0.25) is 0 Å². The first-order chi connectivity index (χ1) is 12.1. The molecule has 7 nitrogen and oxygen atoms in total. The molecular formula is C17H15CrNO6. The average molecular weight is 381 g/mol. The van der Waals surface area contributed by atoms with Gasteiger partial charge in [-0.1, -0.05) is 0 Å². The predicted molar refractivity (Wildman–Crippen MR) is 76.8 cm³/mol. The van der Waals surface area contributed by atoms with Crippen LogP contribution in [0.25, 0.3) is 0 Å². The molecule has 1 fully saturated rings. The van der Waals surface area contributed by atoms with Gasteiger partial charge < -0.3 is 0 Å². The van der Waals surface area contributed by atoms with Crippen molar-refractivity contribution < 1.29 is 43.8 Å². The van der Waals surface area contributed by atoms with Crippen molar-refractivity contribution in [3.05, 3.63) is 69.1 Å². The van der Waals surface area contributed by atoms with Crippen LogP contribution in [0.4, 0.5) is 0 Å². The van der Waals surface area contributed by atoms with Crippen LogP contribution in [0.1, 0.15) is 25.5 Å². The molecule has 1 atom stereocenters. The maximum absolute atomic E-state index is 7.50. The van der Waals surface area contributed by atoms with Crippen molar-refractivity contribution in [1.82, 2.24) is 4.90 Å². The molecule has 0 amide bonds. The van der Waals surface area contributed by atoms with E-state index in [4.69, 9.17) is 28.0 Å². The van der Waals surface area contributed by atoms with Crippen molar-refractivity contribution in [3.63, 3.8) is 0 Å². The van der Waals surface area contributed by atoms with E-state index in [1.54, 1.807) is 0 Å². The summed E-state index contributed by atoms with van der Waals surface area (Å²) in [7, 11) is 0. The van der Waals surface area contributed by atoms with Gasteiger partial charge in [-0.25, -0.2) is 0 Å². The van der Waals surface area contributed by atoms with E-state index in [1.807, 2.05) is 11.1 Å². The zero-order valence-electron chi connectivity index (χ0n) is 13.6. The molecule has 1 aliphatic rings. The molecule has 0 unspecified atom stereocenters. The van der Waals surface area contributed by atoms with Gasteiger partial charge in [-0.3, -0.25) is 0 Å². The normalized spacial score (nSPS) is 15.6. The summed E-state index contributed by atoms with van der Waals surface area (Å²) in [4.78, 5) is 2.22. The molecule has 8 heteroatoms. The topological polar surface area (TPSA) is 112 Å². The number of hydrogen-bond donors (Lipinski definition) is 0. The number of benzene rings is 1. The Morgan fingerprint density at radius 1 is 0.960 bits per heavy atom. The molecule has 0 N–H and O–H groups in total. The molecule has 1 aromatic carbocycles. The Morgan fingerprint density at radius 3 is 1.72 bits per heavy atom. The summed E-state index contributed by atoms with van der Waals surface area (Å²) in [5.41, 5.74) is 1.08. The van der Waals surface area contributed by atoms with E-state index in [1.165, 1.54) is 5.56 Å². The Bertz CT molecular complexity index is 513. The molecular weight excluding hydrogens is 366 g/mol. The monoisotopic (exact) mass is 381 g/mol. The zero-order chi connectivity index (χ0) is 20.9. The van der Waals surface area contributed by atoms with Crippen LogP contribution in [0.5, 0.6) is 0 Å². The summed E-state index contributed by atoms with van der Waals surface area (Å²) in [6.07, 6.45) is 0. The fourth-order valence-corrected chi connectivity index (χ4v) is 2.57. The van der Waals surface area contributed by atoms with Gasteiger partial charge in [0.25, 0.3) is 0 Å². The van der Waals surface area contributed by atoms with Crippen molar-refractivity contribution in [2.24, 2.45) is 0 Å². The Balaban J connectivity index is -0.000000191. The number of rotatable bonds is 2. The van der Waals surface area contributed by atoms with Gasteiger partial charge in [0, 0.05) is 0 Å². The first kappa shape index (κ1) is 31.1. The molecule has 1 aromatic rings. The molecule has 2 rings (SSSR count). The van der Waals surface area contributed by atoms with E-state index in [0.717, 1.165) is 6.61 Å². The van der Waals surface area contributed by atoms with Crippen LogP contribution in [0.3, 0.4) is 0 Å². The van der Waals surface area contributed by atoms with E-state index in [9.17, 15) is 0 Å². The predicted octanol–water partition coefficient (Wildman–Crippen LogP) is 1.91. The second-order valence-electron chi connectivity index (χ2n) is 4.20. The van der Waals surface area contributed by atoms with Crippen molar-refractivity contribution in [1.29, 1.82) is 0 Å². The Kier molecular flexibility index (Phi) is 27.6. The Labute approximate surface area is 155 Å². The van der Waals surface area contributed by atoms with Crippen molar-refractivity contribution in [2.45, 2.75) is 25.6 Å². The van der Waals surface area contributed by atoms with Gasteiger partial charge in [-0.2, -0.15) is 0 Å². The van der Waals surface area contributed by atoms with Gasteiger partial charge in [-0.15, -0.1) is 0 Å². The molecule has 25 heavy (non-hydrogen) atoms. The fourth-order valence-electron chi connectivity index (χ4n) is 1.95. The van der Waals surface area contributed by atoms with Crippen LogP contribution in [-0.4, -0.2) is 22.2 Å². The zero-order valence-corrected chi connectivity index (χ0v) is 14.8. The summed E-state index contributed by atoms with van der Waals surface area (Å²) in [6, 6.07) is 10.8. The molecule has 130 valence electrons. The first-order valence-corrected chi connectivity index (χ1v) is 6.83. The summed E-state index contributed by atoms with van der Waals surface area (Å²) in [5, 5.41) is 1.99. The van der Waals surface area contributed by atoms with Gasteiger partial charge in [0.15, 0.2) is 0 Å². The molecule has 0 aliphatic carbocycles. The van der Waals surface area contributed by atoms with Crippen LogP contribution in [-0.2, 0) is 43.8 Å². The SMILES string of the molecule is CC1(C)OC[C@@H](c2ccccc2)N1[CH]=[Cr].[C-]#[O+].[C-]#[O+].[C-]#[O+].[C-]#[O+].[C-]#[O+]. The fraction of sp³-hybridized carbons (Fsp3) is 0.294. The van der Waals surface area contributed by atoms with Crippen molar-refractivity contribution >= 4 is 5.01 Å². The third-order valence-corrected chi connectivity index (χ3v) is 3.20. The quantitative estimate of drug-likeness (QED) is 0.576. The van der Waals surface area contributed by atoms with Gasteiger partial charge in [0.1, 0.15) is 0 Å². The number of nitrogens with zero attached hydrogens (tertiary/aromatic N) is 1. The van der Waals surface area contributed by atoms with Crippen LogP contribution in [0.2, 0.25) is 0 Å². The van der Waals surface area contributed by atoms with Crippen LogP contribution in [0.15, 0.2) is 30.3 Å². The van der Waals surface area contributed by atoms with Crippen LogP contribution >= 0.6 is 0 Å². The second kappa shape index (κ2) is 22.2. The summed E-state index contributed by atoms with van der Waals surface area (Å²) >= 11 is 2.96. The average Bonchev–Trinajstić information content (AvgIpc) is 3.04. The number of ether oxygens (including phenoxy) is 1. The Hall–Kier alpha value is -1.76. The molecule has 0 aromatic heterocycles. The second-order valence-corrected chi connectivity index (χ2v) is 4.53. The minimum atomic E-state index is -0.217. The third-order valence-electron chi connectivity index (χ3n) is 2.85. The molecule has 1 saturated heterocycles. The van der Waals surface area contributed by atoms with Crippen molar-refractivity contribution in [2.75, 3.05) is 6.61 Å². The molecule has 0 bridgehead atoms. The van der Waals surface area contributed by atoms with Gasteiger partial charge in [-0.05, 0) is 0 Å². The third kappa shape index (κ3) is 11.4. The summed E-state index contributed by atoms with van der Waals surface area (Å²) in [5.74, 6) is 0. The van der Waals surface area contributed by atoms with Gasteiger partial charge >= 0.3 is 155 Å². The Morgan fingerprint density at radius 2 is 1.36 bits per heavy atom. The standard InChI is InChI=1S/C12H15NO.5CO.Cr/c1-12(2)13(3)11(9-14-12)10-7-5-4-6-8-10;5*1-2;/h3-8,11H,9H2,1-2H3;;;;;;/t11-;;;;;;/m0....../s1. The van der Waals surface area contributed by atoms with E-state index in [0.29, 0.717) is 6.04 Å². The summed E-state index contributed by atoms with van der Waals surface area (Å²) in [6.45, 7) is 27.4. The molecule has 0 spiro atoms. The molecule has 1 heterocycles. The molecule has 0 saturated carbocycles. The molecule has 1 aliphatic heterocycles. The van der Waals surface area contributed by atoms with Crippen LogP contribution < -0.4 is 0 Å². The van der Waals surface area contributed by atoms with E-state index >= 15 is 0 Å². The van der Waals surface area contributed by atoms with E-state index < -0.39 is 0 Å². The van der Waals surface area contributed by atoms with Crippen LogP contribution in [0, 0.1) is 33.3 Å². The first-order valence-electron chi connectivity index (χ1n) is 6.10. The maximum atomic E-state index is 7.50. The van der Waals surface area contributed by atoms with Crippen molar-refractivity contribution in [3.8, 4) is 0 Å². The van der Waals surface area contributed by atoms with E-state index in [-0.39, 0.29) is 5.72 Å². The molecule has 0 radical (unpaired) electrons. The summed E-state index contributed by atoms with van der Waals surface area (Å²) < 4.78 is 43.3. The number of hydrogen-bond acceptors (Lipinski definition) is 2. The van der Waals surface area contributed by atoms with Gasteiger partial charge in [0.05, 0.1) is 0 Å². The van der Waals surface area contributed by atoms with E-state index in [2.05, 4.69) is 92.1 Å².